The summed E-state index contributed by atoms with van der Waals surface area (Å²) in [4.78, 5) is 12.1. The van der Waals surface area contributed by atoms with Crippen molar-refractivity contribution in [3.63, 3.8) is 0 Å². The van der Waals surface area contributed by atoms with Crippen LogP contribution in [0.3, 0.4) is 0 Å². The van der Waals surface area contributed by atoms with Crippen LogP contribution in [0, 0.1) is 11.3 Å². The summed E-state index contributed by atoms with van der Waals surface area (Å²) in [7, 11) is 0. The van der Waals surface area contributed by atoms with Crippen molar-refractivity contribution in [2.45, 2.75) is 0 Å². The van der Waals surface area contributed by atoms with E-state index in [-0.39, 0.29) is 10.9 Å². The topological polar surface area (TPSA) is 78.9 Å². The molecule has 0 aliphatic carbocycles. The molecule has 2 aromatic rings. The molecule has 2 rings (SSSR count). The lowest BCUT2D eigenvalue weighted by Crippen LogP contribution is -2.14. The lowest BCUT2D eigenvalue weighted by atomic mass is 10.1. The standard InChI is InChI=1S/C14H9BrClN3O/c15-9-2-4-13(18)11(5-9)14(20)19-10-3-1-8(7-17)12(16)6-10/h1-6H,18H2,(H,19,20). The zero-order valence-electron chi connectivity index (χ0n) is 10.2. The highest BCUT2D eigenvalue weighted by Gasteiger charge is 2.11. The van der Waals surface area contributed by atoms with Gasteiger partial charge in [-0.15, -0.1) is 0 Å². The monoisotopic (exact) mass is 349 g/mol. The van der Waals surface area contributed by atoms with E-state index in [9.17, 15) is 4.79 Å². The van der Waals surface area contributed by atoms with Crippen LogP contribution in [0.1, 0.15) is 15.9 Å². The summed E-state index contributed by atoms with van der Waals surface area (Å²) >= 11 is 9.20. The highest BCUT2D eigenvalue weighted by atomic mass is 79.9. The summed E-state index contributed by atoms with van der Waals surface area (Å²) in [5, 5.41) is 11.8. The zero-order chi connectivity index (χ0) is 14.7. The number of hydrogen-bond donors (Lipinski definition) is 2. The Balaban J connectivity index is 2.26. The second-order valence-corrected chi connectivity index (χ2v) is 5.32. The number of carbonyl (C=O) groups is 1. The van der Waals surface area contributed by atoms with Crippen molar-refractivity contribution in [2.24, 2.45) is 0 Å². The van der Waals surface area contributed by atoms with Crippen molar-refractivity contribution in [1.29, 1.82) is 5.26 Å². The van der Waals surface area contributed by atoms with Gasteiger partial charge in [-0.2, -0.15) is 5.26 Å². The summed E-state index contributed by atoms with van der Waals surface area (Å²) < 4.78 is 0.759. The van der Waals surface area contributed by atoms with Crippen molar-refractivity contribution >= 4 is 44.8 Å². The normalized spacial score (nSPS) is 9.85. The fraction of sp³-hybridized carbons (Fsp3) is 0. The van der Waals surface area contributed by atoms with Gasteiger partial charge in [-0.3, -0.25) is 4.79 Å². The number of amides is 1. The second-order valence-electron chi connectivity index (χ2n) is 3.99. The average molecular weight is 351 g/mol. The minimum atomic E-state index is -0.343. The first-order chi connectivity index (χ1) is 9.51. The Kier molecular flexibility index (Phi) is 4.28. The number of nitrogens with two attached hydrogens (primary N) is 1. The van der Waals surface area contributed by atoms with Gasteiger partial charge in [0, 0.05) is 15.8 Å². The molecule has 3 N–H and O–H groups in total. The third kappa shape index (κ3) is 3.10. The van der Waals surface area contributed by atoms with Gasteiger partial charge in [0.2, 0.25) is 0 Å². The fourth-order valence-corrected chi connectivity index (χ4v) is 2.19. The van der Waals surface area contributed by atoms with Crippen molar-refractivity contribution in [1.82, 2.24) is 0 Å². The summed E-state index contributed by atoms with van der Waals surface area (Å²) in [6, 6.07) is 11.7. The molecular weight excluding hydrogens is 342 g/mol. The summed E-state index contributed by atoms with van der Waals surface area (Å²) in [5.74, 6) is -0.343. The molecule has 0 saturated heterocycles. The number of halogens is 2. The molecule has 0 aromatic heterocycles. The number of hydrogen-bond acceptors (Lipinski definition) is 3. The van der Waals surface area contributed by atoms with Crippen LogP contribution < -0.4 is 11.1 Å². The van der Waals surface area contributed by atoms with Gasteiger partial charge in [0.05, 0.1) is 16.1 Å². The molecule has 0 fully saturated rings. The number of anilines is 2. The zero-order valence-corrected chi connectivity index (χ0v) is 12.5. The van der Waals surface area contributed by atoms with Gasteiger partial charge < -0.3 is 11.1 Å². The lowest BCUT2D eigenvalue weighted by molar-refractivity contribution is 0.102. The molecule has 0 radical (unpaired) electrons. The van der Waals surface area contributed by atoms with E-state index in [1.807, 2.05) is 6.07 Å². The Bertz CT molecular complexity index is 725. The molecule has 6 heteroatoms. The van der Waals surface area contributed by atoms with Gasteiger partial charge in [0.15, 0.2) is 0 Å². The predicted molar refractivity (Wildman–Crippen MR) is 82.7 cm³/mol. The van der Waals surface area contributed by atoms with Gasteiger partial charge in [-0.05, 0) is 36.4 Å². The van der Waals surface area contributed by atoms with Crippen LogP contribution >= 0.6 is 27.5 Å². The van der Waals surface area contributed by atoms with Crippen LogP contribution in [-0.2, 0) is 0 Å². The van der Waals surface area contributed by atoms with Gasteiger partial charge in [-0.1, -0.05) is 27.5 Å². The number of benzene rings is 2. The average Bonchev–Trinajstić information content (AvgIpc) is 2.41. The van der Waals surface area contributed by atoms with Crippen LogP contribution in [0.4, 0.5) is 11.4 Å². The van der Waals surface area contributed by atoms with Gasteiger partial charge >= 0.3 is 0 Å². The van der Waals surface area contributed by atoms with E-state index in [4.69, 9.17) is 22.6 Å². The smallest absolute Gasteiger partial charge is 0.257 e. The molecule has 20 heavy (non-hydrogen) atoms. The molecule has 0 heterocycles. The number of carbonyl (C=O) groups excluding carboxylic acids is 1. The first-order valence-electron chi connectivity index (χ1n) is 5.57. The Morgan fingerprint density at radius 3 is 2.70 bits per heavy atom. The van der Waals surface area contributed by atoms with E-state index in [0.717, 1.165) is 4.47 Å². The number of nitriles is 1. The molecule has 2 aromatic carbocycles. The van der Waals surface area contributed by atoms with E-state index in [2.05, 4.69) is 21.2 Å². The Morgan fingerprint density at radius 2 is 2.05 bits per heavy atom. The number of nitrogens with zero attached hydrogens (tertiary/aromatic N) is 1. The van der Waals surface area contributed by atoms with Crippen molar-refractivity contribution < 1.29 is 4.79 Å². The predicted octanol–water partition coefficient (Wildman–Crippen LogP) is 3.81. The third-order valence-corrected chi connectivity index (χ3v) is 3.41. The molecule has 1 amide bonds. The van der Waals surface area contributed by atoms with Crippen LogP contribution in [-0.4, -0.2) is 5.91 Å². The number of nitrogen functional groups attached to an aromatic ring is 1. The van der Waals surface area contributed by atoms with E-state index >= 15 is 0 Å². The minimum absolute atomic E-state index is 0.285. The summed E-state index contributed by atoms with van der Waals surface area (Å²) in [6.45, 7) is 0. The van der Waals surface area contributed by atoms with Gasteiger partial charge in [0.25, 0.3) is 5.91 Å². The largest absolute Gasteiger partial charge is 0.398 e. The van der Waals surface area contributed by atoms with Gasteiger partial charge in [0.1, 0.15) is 6.07 Å². The van der Waals surface area contributed by atoms with Crippen LogP contribution in [0.5, 0.6) is 0 Å². The quantitative estimate of drug-likeness (QED) is 0.808. The molecule has 0 saturated carbocycles. The molecule has 0 atom stereocenters. The molecule has 100 valence electrons. The minimum Gasteiger partial charge on any atom is -0.398 e. The Morgan fingerprint density at radius 1 is 1.30 bits per heavy atom. The van der Waals surface area contributed by atoms with Gasteiger partial charge in [-0.25, -0.2) is 0 Å². The van der Waals surface area contributed by atoms with E-state index in [1.165, 1.54) is 6.07 Å². The summed E-state index contributed by atoms with van der Waals surface area (Å²) in [6.07, 6.45) is 0. The second kappa shape index (κ2) is 5.95. The van der Waals surface area contributed by atoms with Crippen LogP contribution in [0.2, 0.25) is 5.02 Å². The van der Waals surface area contributed by atoms with E-state index < -0.39 is 0 Å². The molecule has 0 aliphatic rings. The lowest BCUT2D eigenvalue weighted by Gasteiger charge is -2.08. The SMILES string of the molecule is N#Cc1ccc(NC(=O)c2cc(Br)ccc2N)cc1Cl. The van der Waals surface area contributed by atoms with Crippen molar-refractivity contribution in [2.75, 3.05) is 11.1 Å². The fourth-order valence-electron chi connectivity index (χ4n) is 1.61. The van der Waals surface area contributed by atoms with Crippen LogP contribution in [0.25, 0.3) is 0 Å². The Hall–Kier alpha value is -2.03. The third-order valence-electron chi connectivity index (χ3n) is 2.61. The number of rotatable bonds is 2. The maximum absolute atomic E-state index is 12.1. The molecule has 0 bridgehead atoms. The summed E-state index contributed by atoms with van der Waals surface area (Å²) in [5.41, 5.74) is 7.36. The van der Waals surface area contributed by atoms with Crippen molar-refractivity contribution in [3.05, 3.63) is 57.0 Å². The maximum Gasteiger partial charge on any atom is 0.257 e. The highest BCUT2D eigenvalue weighted by Crippen LogP contribution is 2.23. The molecule has 4 nitrogen and oxygen atoms in total. The first-order valence-corrected chi connectivity index (χ1v) is 6.74. The Labute approximate surface area is 129 Å². The van der Waals surface area contributed by atoms with E-state index in [0.29, 0.717) is 22.5 Å². The highest BCUT2D eigenvalue weighted by molar-refractivity contribution is 9.10. The first kappa shape index (κ1) is 14.4. The molecule has 0 aliphatic heterocycles. The molecule has 0 unspecified atom stereocenters. The van der Waals surface area contributed by atoms with E-state index in [1.54, 1.807) is 30.3 Å². The van der Waals surface area contributed by atoms with Crippen LogP contribution in [0.15, 0.2) is 40.9 Å². The molecular formula is C14H9BrClN3O. The maximum atomic E-state index is 12.1. The number of nitrogens with one attached hydrogen (secondary N) is 1. The van der Waals surface area contributed by atoms with Crippen molar-refractivity contribution in [3.8, 4) is 6.07 Å². The molecule has 0 spiro atoms.